The van der Waals surface area contributed by atoms with E-state index in [9.17, 15) is 9.59 Å². The van der Waals surface area contributed by atoms with Gasteiger partial charge in [0.2, 0.25) is 0 Å². The van der Waals surface area contributed by atoms with Gasteiger partial charge in [-0.2, -0.15) is 0 Å². The molecular weight excluding hydrogens is 308 g/mol. The molecular formula is C18H26N2O4. The van der Waals surface area contributed by atoms with Crippen molar-refractivity contribution in [2.45, 2.75) is 39.7 Å². The fourth-order valence-electron chi connectivity index (χ4n) is 2.80. The Hall–Kier alpha value is -2.24. The lowest BCUT2D eigenvalue weighted by molar-refractivity contribution is 0.0860. The second-order valence-electron chi connectivity index (χ2n) is 5.85. The van der Waals surface area contributed by atoms with E-state index in [0.717, 1.165) is 24.2 Å². The van der Waals surface area contributed by atoms with Crippen molar-refractivity contribution >= 4 is 12.0 Å². The van der Waals surface area contributed by atoms with Crippen LogP contribution in [0.1, 0.15) is 42.6 Å². The summed E-state index contributed by atoms with van der Waals surface area (Å²) in [5.41, 5.74) is 1.57. The summed E-state index contributed by atoms with van der Waals surface area (Å²) in [7, 11) is 0. The molecule has 0 bridgehead atoms. The van der Waals surface area contributed by atoms with E-state index in [0.29, 0.717) is 31.9 Å². The molecule has 1 heterocycles. The first kappa shape index (κ1) is 18.1. The Bertz CT molecular complexity index is 580. The maximum atomic E-state index is 12.4. The Kier molecular flexibility index (Phi) is 6.46. The minimum atomic E-state index is -0.274. The second-order valence-corrected chi connectivity index (χ2v) is 5.85. The van der Waals surface area contributed by atoms with Crippen LogP contribution in [0.2, 0.25) is 0 Å². The molecule has 0 aliphatic carbocycles. The average Bonchev–Trinajstić information content (AvgIpc) is 2.57. The average molecular weight is 334 g/mol. The van der Waals surface area contributed by atoms with E-state index in [1.165, 1.54) is 0 Å². The van der Waals surface area contributed by atoms with Crippen LogP contribution in [0.3, 0.4) is 0 Å². The molecule has 0 aromatic heterocycles. The number of piperidine rings is 1. The van der Waals surface area contributed by atoms with Gasteiger partial charge in [-0.15, -0.1) is 0 Å². The molecule has 1 aromatic carbocycles. The van der Waals surface area contributed by atoms with E-state index in [1.54, 1.807) is 17.9 Å². The van der Waals surface area contributed by atoms with E-state index in [-0.39, 0.29) is 18.0 Å². The third-order valence-electron chi connectivity index (χ3n) is 4.09. The fraction of sp³-hybridized carbons (Fsp3) is 0.556. The molecule has 0 spiro atoms. The van der Waals surface area contributed by atoms with E-state index in [4.69, 9.17) is 9.47 Å². The minimum absolute atomic E-state index is 0.0788. The molecule has 1 aliphatic rings. The summed E-state index contributed by atoms with van der Waals surface area (Å²) in [6.45, 7) is 7.85. The Morgan fingerprint density at radius 1 is 1.21 bits per heavy atom. The van der Waals surface area contributed by atoms with Crippen LogP contribution in [-0.4, -0.2) is 49.2 Å². The van der Waals surface area contributed by atoms with Crippen molar-refractivity contribution in [1.29, 1.82) is 0 Å². The number of nitrogens with zero attached hydrogens (tertiary/aromatic N) is 1. The van der Waals surface area contributed by atoms with Gasteiger partial charge in [0.1, 0.15) is 5.75 Å². The van der Waals surface area contributed by atoms with Crippen molar-refractivity contribution in [3.8, 4) is 5.75 Å². The number of benzene rings is 1. The quantitative estimate of drug-likeness (QED) is 0.899. The maximum absolute atomic E-state index is 12.4. The first-order valence-electron chi connectivity index (χ1n) is 8.51. The second kappa shape index (κ2) is 8.57. The monoisotopic (exact) mass is 334 g/mol. The summed E-state index contributed by atoms with van der Waals surface area (Å²) < 4.78 is 10.5. The molecule has 1 aromatic rings. The molecule has 0 saturated carbocycles. The molecule has 6 heteroatoms. The molecule has 0 unspecified atom stereocenters. The van der Waals surface area contributed by atoms with Gasteiger partial charge in [0.25, 0.3) is 5.91 Å². The molecule has 2 amide bonds. The smallest absolute Gasteiger partial charge is 0.409 e. The lowest BCUT2D eigenvalue weighted by Gasteiger charge is -2.31. The number of nitrogens with one attached hydrogen (secondary N) is 1. The summed E-state index contributed by atoms with van der Waals surface area (Å²) >= 11 is 0. The molecule has 0 radical (unpaired) electrons. The van der Waals surface area contributed by atoms with Gasteiger partial charge in [-0.05, 0) is 57.4 Å². The first-order chi connectivity index (χ1) is 11.5. The summed E-state index contributed by atoms with van der Waals surface area (Å²) in [6.07, 6.45) is 1.20. The summed E-state index contributed by atoms with van der Waals surface area (Å²) in [6, 6.07) is 5.53. The predicted molar refractivity (Wildman–Crippen MR) is 91.4 cm³/mol. The van der Waals surface area contributed by atoms with Gasteiger partial charge in [0, 0.05) is 24.7 Å². The number of carbonyl (C=O) groups is 2. The molecule has 1 N–H and O–H groups in total. The normalized spacial score (nSPS) is 15.0. The van der Waals surface area contributed by atoms with Crippen LogP contribution in [0, 0.1) is 6.92 Å². The van der Waals surface area contributed by atoms with Crippen LogP contribution >= 0.6 is 0 Å². The highest BCUT2D eigenvalue weighted by molar-refractivity contribution is 5.94. The van der Waals surface area contributed by atoms with Crippen molar-refractivity contribution < 1.29 is 19.1 Å². The van der Waals surface area contributed by atoms with Crippen LogP contribution in [0.25, 0.3) is 0 Å². The van der Waals surface area contributed by atoms with E-state index in [2.05, 4.69) is 5.32 Å². The molecule has 1 aliphatic heterocycles. The van der Waals surface area contributed by atoms with Crippen molar-refractivity contribution in [3.05, 3.63) is 29.3 Å². The largest absolute Gasteiger partial charge is 0.494 e. The highest BCUT2D eigenvalue weighted by Gasteiger charge is 2.24. The third-order valence-corrected chi connectivity index (χ3v) is 4.09. The van der Waals surface area contributed by atoms with Crippen LogP contribution in [0.15, 0.2) is 18.2 Å². The molecule has 24 heavy (non-hydrogen) atoms. The minimum Gasteiger partial charge on any atom is -0.494 e. The summed E-state index contributed by atoms with van der Waals surface area (Å²) in [5, 5.41) is 3.05. The van der Waals surface area contributed by atoms with Gasteiger partial charge in [0.15, 0.2) is 0 Å². The Morgan fingerprint density at radius 2 is 1.92 bits per heavy atom. The van der Waals surface area contributed by atoms with Crippen molar-refractivity contribution in [3.63, 3.8) is 0 Å². The zero-order valence-corrected chi connectivity index (χ0v) is 14.6. The highest BCUT2D eigenvalue weighted by Crippen LogP contribution is 2.19. The zero-order chi connectivity index (χ0) is 17.5. The molecule has 6 nitrogen and oxygen atoms in total. The molecule has 0 atom stereocenters. The van der Waals surface area contributed by atoms with Gasteiger partial charge in [0.05, 0.1) is 13.2 Å². The van der Waals surface area contributed by atoms with Crippen LogP contribution in [0.4, 0.5) is 4.79 Å². The van der Waals surface area contributed by atoms with Crippen LogP contribution in [0.5, 0.6) is 5.75 Å². The van der Waals surface area contributed by atoms with Gasteiger partial charge in [-0.3, -0.25) is 4.79 Å². The number of hydrogen-bond donors (Lipinski definition) is 1. The van der Waals surface area contributed by atoms with Crippen molar-refractivity contribution in [2.75, 3.05) is 26.3 Å². The maximum Gasteiger partial charge on any atom is 0.409 e. The van der Waals surface area contributed by atoms with Gasteiger partial charge < -0.3 is 19.7 Å². The van der Waals surface area contributed by atoms with Gasteiger partial charge in [-0.1, -0.05) is 0 Å². The lowest BCUT2D eigenvalue weighted by atomic mass is 10.0. The Morgan fingerprint density at radius 3 is 2.50 bits per heavy atom. The zero-order valence-electron chi connectivity index (χ0n) is 14.6. The van der Waals surface area contributed by atoms with E-state index >= 15 is 0 Å². The number of likely N-dealkylation sites (tertiary alicyclic amines) is 1. The summed E-state index contributed by atoms with van der Waals surface area (Å²) in [4.78, 5) is 25.8. The number of carbonyl (C=O) groups excluding carboxylic acids is 2. The topological polar surface area (TPSA) is 67.9 Å². The molecule has 1 saturated heterocycles. The van der Waals surface area contributed by atoms with Crippen molar-refractivity contribution in [2.24, 2.45) is 0 Å². The van der Waals surface area contributed by atoms with Crippen LogP contribution in [-0.2, 0) is 4.74 Å². The summed E-state index contributed by atoms with van der Waals surface area (Å²) in [5.74, 6) is 0.715. The van der Waals surface area contributed by atoms with E-state index < -0.39 is 0 Å². The van der Waals surface area contributed by atoms with E-state index in [1.807, 2.05) is 26.0 Å². The number of aryl methyl sites for hydroxylation is 1. The Balaban J connectivity index is 1.87. The number of rotatable bonds is 5. The highest BCUT2D eigenvalue weighted by atomic mass is 16.6. The SMILES string of the molecule is CCOC(=O)N1CCC(NC(=O)c2ccc(OCC)c(C)c2)CC1. The third kappa shape index (κ3) is 4.63. The molecule has 1 fully saturated rings. The Labute approximate surface area is 143 Å². The molecule has 2 rings (SSSR count). The predicted octanol–water partition coefficient (Wildman–Crippen LogP) is 2.74. The van der Waals surface area contributed by atoms with Crippen LogP contribution < -0.4 is 10.1 Å². The number of amides is 2. The lowest BCUT2D eigenvalue weighted by Crippen LogP contribution is -2.46. The number of ether oxygens (including phenoxy) is 2. The first-order valence-corrected chi connectivity index (χ1v) is 8.51. The standard InChI is InChI=1S/C18H26N2O4/c1-4-23-16-7-6-14(12-13(16)3)17(21)19-15-8-10-20(11-9-15)18(22)24-5-2/h6-7,12,15H,4-5,8-11H2,1-3H3,(H,19,21). The van der Waals surface area contributed by atoms with Gasteiger partial charge >= 0.3 is 6.09 Å². The van der Waals surface area contributed by atoms with Crippen molar-refractivity contribution in [1.82, 2.24) is 10.2 Å². The fourth-order valence-corrected chi connectivity index (χ4v) is 2.80. The van der Waals surface area contributed by atoms with Gasteiger partial charge in [-0.25, -0.2) is 4.79 Å². The molecule has 132 valence electrons. The number of hydrogen-bond acceptors (Lipinski definition) is 4.